The lowest BCUT2D eigenvalue weighted by Gasteiger charge is -1.99. The summed E-state index contributed by atoms with van der Waals surface area (Å²) in [6.07, 6.45) is 6.39. The Kier molecular flexibility index (Phi) is 4.73. The van der Waals surface area contributed by atoms with Crippen molar-refractivity contribution in [2.24, 2.45) is 0 Å². The number of rotatable bonds is 3. The fourth-order valence-electron chi connectivity index (χ4n) is 1.07. The first-order valence-electron chi connectivity index (χ1n) is 4.93. The van der Waals surface area contributed by atoms with Crippen LogP contribution < -0.4 is 5.32 Å². The fourth-order valence-corrected chi connectivity index (χ4v) is 1.07. The third-order valence-corrected chi connectivity index (χ3v) is 1.82. The molecule has 0 radical (unpaired) electrons. The van der Waals surface area contributed by atoms with Gasteiger partial charge < -0.3 is 0 Å². The highest BCUT2D eigenvalue weighted by atomic mass is 16.2. The molecule has 0 aliphatic carbocycles. The first-order chi connectivity index (χ1) is 7.74. The van der Waals surface area contributed by atoms with E-state index >= 15 is 0 Å². The summed E-state index contributed by atoms with van der Waals surface area (Å²) in [5.74, 6) is -0.817. The van der Waals surface area contributed by atoms with Gasteiger partial charge in [0.05, 0.1) is 0 Å². The van der Waals surface area contributed by atoms with Crippen molar-refractivity contribution in [1.29, 1.82) is 0 Å². The maximum Gasteiger partial charge on any atom is 0.258 e. The molecule has 0 fully saturated rings. The molecule has 0 bridgehead atoms. The standard InChI is InChI=1S/C13H13NO2/c1-2-3-5-10-12(15)14-13(16)11-8-6-4-7-9-11/h2-10H,1H3,(H,14,15,16)/b3-2+,10-5+. The third-order valence-electron chi connectivity index (χ3n) is 1.82. The maximum atomic E-state index is 11.5. The van der Waals surface area contributed by atoms with Crippen LogP contribution >= 0.6 is 0 Å². The lowest BCUT2D eigenvalue weighted by atomic mass is 10.2. The second kappa shape index (κ2) is 6.35. The Morgan fingerprint density at radius 3 is 2.44 bits per heavy atom. The summed E-state index contributed by atoms with van der Waals surface area (Å²) in [6, 6.07) is 8.60. The Hall–Kier alpha value is -2.16. The van der Waals surface area contributed by atoms with Crippen molar-refractivity contribution >= 4 is 11.8 Å². The van der Waals surface area contributed by atoms with Crippen molar-refractivity contribution in [1.82, 2.24) is 5.32 Å². The average Bonchev–Trinajstić information content (AvgIpc) is 2.30. The van der Waals surface area contributed by atoms with Gasteiger partial charge in [0.1, 0.15) is 0 Å². The Morgan fingerprint density at radius 1 is 1.12 bits per heavy atom. The molecule has 0 aliphatic rings. The number of hydrogen-bond donors (Lipinski definition) is 1. The zero-order valence-corrected chi connectivity index (χ0v) is 9.01. The minimum Gasteiger partial charge on any atom is -0.289 e. The van der Waals surface area contributed by atoms with E-state index in [-0.39, 0.29) is 0 Å². The molecule has 1 N–H and O–H groups in total. The van der Waals surface area contributed by atoms with E-state index < -0.39 is 11.8 Å². The SMILES string of the molecule is C/C=C/C=C/C(=O)NC(=O)c1ccccc1. The highest BCUT2D eigenvalue weighted by molar-refractivity contribution is 6.07. The Morgan fingerprint density at radius 2 is 1.81 bits per heavy atom. The molecule has 0 spiro atoms. The van der Waals surface area contributed by atoms with Crippen molar-refractivity contribution in [2.75, 3.05) is 0 Å². The van der Waals surface area contributed by atoms with Crippen molar-refractivity contribution in [2.45, 2.75) is 6.92 Å². The van der Waals surface area contributed by atoms with Crippen LogP contribution in [0.1, 0.15) is 17.3 Å². The molecule has 82 valence electrons. The summed E-state index contributed by atoms with van der Waals surface area (Å²) >= 11 is 0. The molecule has 0 saturated heterocycles. The number of hydrogen-bond acceptors (Lipinski definition) is 2. The van der Waals surface area contributed by atoms with Crippen molar-refractivity contribution < 1.29 is 9.59 Å². The predicted octanol–water partition coefficient (Wildman–Crippen LogP) is 2.08. The number of imide groups is 1. The smallest absolute Gasteiger partial charge is 0.258 e. The highest BCUT2D eigenvalue weighted by Crippen LogP contribution is 1.97. The van der Waals surface area contributed by atoms with Gasteiger partial charge in [-0.1, -0.05) is 36.4 Å². The van der Waals surface area contributed by atoms with Gasteiger partial charge in [-0.25, -0.2) is 0 Å². The molecule has 16 heavy (non-hydrogen) atoms. The zero-order valence-electron chi connectivity index (χ0n) is 9.01. The molecule has 3 heteroatoms. The highest BCUT2D eigenvalue weighted by Gasteiger charge is 2.06. The van der Waals surface area contributed by atoms with Crippen LogP contribution in [0.2, 0.25) is 0 Å². The predicted molar refractivity (Wildman–Crippen MR) is 62.9 cm³/mol. The Balaban J connectivity index is 2.56. The van der Waals surface area contributed by atoms with Crippen LogP contribution in [-0.2, 0) is 4.79 Å². The van der Waals surface area contributed by atoms with Gasteiger partial charge in [0.25, 0.3) is 11.8 Å². The van der Waals surface area contributed by atoms with E-state index in [1.54, 1.807) is 42.5 Å². The number of allylic oxidation sites excluding steroid dienone is 3. The van der Waals surface area contributed by atoms with Crippen LogP contribution in [-0.4, -0.2) is 11.8 Å². The van der Waals surface area contributed by atoms with Gasteiger partial charge in [0.2, 0.25) is 0 Å². The van der Waals surface area contributed by atoms with Crippen LogP contribution in [0.15, 0.2) is 54.6 Å². The second-order valence-electron chi connectivity index (χ2n) is 3.07. The minimum absolute atomic E-state index is 0.393. The van der Waals surface area contributed by atoms with E-state index in [1.165, 1.54) is 6.08 Å². The summed E-state index contributed by atoms with van der Waals surface area (Å²) in [6.45, 7) is 1.84. The topological polar surface area (TPSA) is 46.2 Å². The Bertz CT molecular complexity index is 419. The lowest BCUT2D eigenvalue weighted by Crippen LogP contribution is -2.28. The van der Waals surface area contributed by atoms with Gasteiger partial charge in [0, 0.05) is 11.6 Å². The summed E-state index contributed by atoms with van der Waals surface area (Å²) in [5, 5.41) is 2.26. The molecule has 3 nitrogen and oxygen atoms in total. The molecule has 1 aromatic carbocycles. The first-order valence-corrected chi connectivity index (χ1v) is 4.93. The number of benzene rings is 1. The average molecular weight is 215 g/mol. The maximum absolute atomic E-state index is 11.5. The quantitative estimate of drug-likeness (QED) is 0.619. The monoisotopic (exact) mass is 215 g/mol. The number of carbonyl (C=O) groups is 2. The number of amides is 2. The molecule has 0 heterocycles. The van der Waals surface area contributed by atoms with Gasteiger partial charge in [-0.15, -0.1) is 0 Å². The Labute approximate surface area is 94.5 Å². The molecule has 0 aliphatic heterocycles. The van der Waals surface area contributed by atoms with Gasteiger partial charge in [0.15, 0.2) is 0 Å². The zero-order chi connectivity index (χ0) is 11.8. The summed E-state index contributed by atoms with van der Waals surface area (Å²) in [4.78, 5) is 22.8. The number of carbonyl (C=O) groups excluding carboxylic acids is 2. The lowest BCUT2D eigenvalue weighted by molar-refractivity contribution is -0.115. The molecule has 0 unspecified atom stereocenters. The summed E-state index contributed by atoms with van der Waals surface area (Å²) in [5.41, 5.74) is 0.468. The molecular weight excluding hydrogens is 202 g/mol. The van der Waals surface area contributed by atoms with E-state index in [0.717, 1.165) is 0 Å². The van der Waals surface area contributed by atoms with Crippen LogP contribution in [0.3, 0.4) is 0 Å². The van der Waals surface area contributed by atoms with Gasteiger partial charge in [-0.2, -0.15) is 0 Å². The normalized spacial score (nSPS) is 10.8. The van der Waals surface area contributed by atoms with Crippen molar-refractivity contribution in [3.63, 3.8) is 0 Å². The molecule has 0 atom stereocenters. The van der Waals surface area contributed by atoms with Crippen molar-refractivity contribution in [3.05, 3.63) is 60.2 Å². The van der Waals surface area contributed by atoms with E-state index in [1.807, 2.05) is 13.0 Å². The van der Waals surface area contributed by atoms with Gasteiger partial charge >= 0.3 is 0 Å². The van der Waals surface area contributed by atoms with Gasteiger partial charge in [-0.05, 0) is 19.1 Å². The van der Waals surface area contributed by atoms with Crippen LogP contribution in [0.4, 0.5) is 0 Å². The summed E-state index contributed by atoms with van der Waals surface area (Å²) in [7, 11) is 0. The van der Waals surface area contributed by atoms with E-state index in [0.29, 0.717) is 5.56 Å². The second-order valence-corrected chi connectivity index (χ2v) is 3.07. The van der Waals surface area contributed by atoms with Crippen LogP contribution in [0, 0.1) is 0 Å². The molecular formula is C13H13NO2. The third kappa shape index (κ3) is 3.92. The van der Waals surface area contributed by atoms with Crippen molar-refractivity contribution in [3.8, 4) is 0 Å². The van der Waals surface area contributed by atoms with E-state index in [4.69, 9.17) is 0 Å². The van der Waals surface area contributed by atoms with Gasteiger partial charge in [-0.3, -0.25) is 14.9 Å². The molecule has 0 saturated carbocycles. The summed E-state index contributed by atoms with van der Waals surface area (Å²) < 4.78 is 0. The molecule has 1 aromatic rings. The molecule has 1 rings (SSSR count). The molecule has 0 aromatic heterocycles. The number of nitrogens with one attached hydrogen (secondary N) is 1. The van der Waals surface area contributed by atoms with E-state index in [9.17, 15) is 9.59 Å². The fraction of sp³-hybridized carbons (Fsp3) is 0.0769. The molecule has 2 amide bonds. The van der Waals surface area contributed by atoms with Crippen LogP contribution in [0.5, 0.6) is 0 Å². The van der Waals surface area contributed by atoms with E-state index in [2.05, 4.69) is 5.32 Å². The van der Waals surface area contributed by atoms with Crippen LogP contribution in [0.25, 0.3) is 0 Å². The first kappa shape index (κ1) is 11.9. The largest absolute Gasteiger partial charge is 0.289 e. The minimum atomic E-state index is -0.424.